The van der Waals surface area contributed by atoms with Crippen molar-refractivity contribution in [1.29, 1.82) is 0 Å². The van der Waals surface area contributed by atoms with Gasteiger partial charge in [0.2, 0.25) is 0 Å². The smallest absolute Gasteiger partial charge is 0.381 e. The van der Waals surface area contributed by atoms with Crippen LogP contribution < -0.4 is 0 Å². The molecule has 0 saturated heterocycles. The van der Waals surface area contributed by atoms with Crippen LogP contribution in [0.3, 0.4) is 0 Å². The van der Waals surface area contributed by atoms with Crippen LogP contribution in [0.5, 0.6) is 0 Å². The third-order valence-electron chi connectivity index (χ3n) is 3.15. The Morgan fingerprint density at radius 3 is 2.41 bits per heavy atom. The zero-order valence-corrected chi connectivity index (χ0v) is 12.4. The summed E-state index contributed by atoms with van der Waals surface area (Å²) in [6.07, 6.45) is 1.99. The van der Waals surface area contributed by atoms with Crippen LogP contribution in [-0.4, -0.2) is 20.0 Å². The van der Waals surface area contributed by atoms with E-state index in [-0.39, 0.29) is 18.3 Å². The second kappa shape index (κ2) is 6.70. The summed E-state index contributed by atoms with van der Waals surface area (Å²) in [4.78, 5) is 0. The molecule has 0 amide bonds. The topological polar surface area (TPSA) is 52.6 Å². The van der Waals surface area contributed by atoms with E-state index in [0.717, 1.165) is 5.56 Å². The summed E-state index contributed by atoms with van der Waals surface area (Å²) in [5.41, 5.74) is -4.41. The highest BCUT2D eigenvalue weighted by atomic mass is 32.2. The maximum Gasteiger partial charge on any atom is 0.534 e. The van der Waals surface area contributed by atoms with E-state index in [1.807, 2.05) is 30.3 Å². The second-order valence-corrected chi connectivity index (χ2v) is 6.38. The first-order valence-corrected chi connectivity index (χ1v) is 8.04. The molecule has 22 heavy (non-hydrogen) atoms. The van der Waals surface area contributed by atoms with Crippen molar-refractivity contribution in [3.05, 3.63) is 47.7 Å². The summed E-state index contributed by atoms with van der Waals surface area (Å²) >= 11 is 0. The molecule has 1 atom stereocenters. The third kappa shape index (κ3) is 4.48. The average Bonchev–Trinajstić information content (AvgIpc) is 2.46. The normalized spacial score (nSPS) is 19.6. The standard InChI is InChI=1S/C14H15F3O4S/c15-14(16,17)22(18,19)21-13-8-6-12(7-9-13)20-10-11-4-2-1-3-5-11/h1-5,8,12H,6-7,9-10H2. The Labute approximate surface area is 126 Å². The Balaban J connectivity index is 1.85. The summed E-state index contributed by atoms with van der Waals surface area (Å²) in [6.45, 7) is 0.399. The van der Waals surface area contributed by atoms with Crippen molar-refractivity contribution in [3.63, 3.8) is 0 Å². The van der Waals surface area contributed by atoms with Gasteiger partial charge in [-0.1, -0.05) is 30.3 Å². The van der Waals surface area contributed by atoms with Gasteiger partial charge in [0.15, 0.2) is 0 Å². The van der Waals surface area contributed by atoms with E-state index < -0.39 is 15.6 Å². The molecule has 0 spiro atoms. The van der Waals surface area contributed by atoms with Gasteiger partial charge in [0.1, 0.15) is 5.76 Å². The monoisotopic (exact) mass is 336 g/mol. The number of alkyl halides is 3. The SMILES string of the molecule is O=S(=O)(OC1=CCC(OCc2ccccc2)CC1)C(F)(F)F. The van der Waals surface area contributed by atoms with E-state index in [9.17, 15) is 21.6 Å². The van der Waals surface area contributed by atoms with Crippen LogP contribution in [-0.2, 0) is 25.6 Å². The maximum atomic E-state index is 12.2. The lowest BCUT2D eigenvalue weighted by Gasteiger charge is -2.22. The molecule has 1 aromatic rings. The summed E-state index contributed by atoms with van der Waals surface area (Å²) in [5, 5.41) is 0. The first-order chi connectivity index (χ1) is 10.3. The van der Waals surface area contributed by atoms with E-state index in [4.69, 9.17) is 4.74 Å². The van der Waals surface area contributed by atoms with Gasteiger partial charge in [0.25, 0.3) is 0 Å². The van der Waals surface area contributed by atoms with Gasteiger partial charge in [-0.05, 0) is 24.5 Å². The van der Waals surface area contributed by atoms with E-state index in [2.05, 4.69) is 4.18 Å². The Morgan fingerprint density at radius 2 is 1.86 bits per heavy atom. The maximum absolute atomic E-state index is 12.2. The predicted molar refractivity (Wildman–Crippen MR) is 73.0 cm³/mol. The first kappa shape index (κ1) is 16.8. The average molecular weight is 336 g/mol. The summed E-state index contributed by atoms with van der Waals surface area (Å²) in [6, 6.07) is 9.46. The second-order valence-electron chi connectivity index (χ2n) is 4.85. The van der Waals surface area contributed by atoms with Crippen LogP contribution >= 0.6 is 0 Å². The number of ether oxygens (including phenoxy) is 1. The van der Waals surface area contributed by atoms with Gasteiger partial charge in [0, 0.05) is 6.42 Å². The van der Waals surface area contributed by atoms with Gasteiger partial charge in [0.05, 0.1) is 12.7 Å². The lowest BCUT2D eigenvalue weighted by Crippen LogP contribution is -2.26. The molecule has 8 heteroatoms. The fraction of sp³-hybridized carbons (Fsp3) is 0.429. The number of hydrogen-bond donors (Lipinski definition) is 0. The molecule has 1 aromatic carbocycles. The number of hydrogen-bond acceptors (Lipinski definition) is 4. The van der Waals surface area contributed by atoms with E-state index >= 15 is 0 Å². The number of allylic oxidation sites excluding steroid dienone is 1. The molecular weight excluding hydrogens is 321 g/mol. The van der Waals surface area contributed by atoms with Crippen LogP contribution in [0.15, 0.2) is 42.2 Å². The molecule has 0 aromatic heterocycles. The molecule has 0 heterocycles. The van der Waals surface area contributed by atoms with E-state index in [1.165, 1.54) is 6.08 Å². The minimum atomic E-state index is -5.58. The lowest BCUT2D eigenvalue weighted by molar-refractivity contribution is -0.0526. The van der Waals surface area contributed by atoms with Crippen molar-refractivity contribution in [2.45, 2.75) is 37.5 Å². The highest BCUT2D eigenvalue weighted by Crippen LogP contribution is 2.30. The molecule has 2 rings (SSSR count). The first-order valence-electron chi connectivity index (χ1n) is 6.63. The molecule has 0 saturated carbocycles. The zero-order valence-electron chi connectivity index (χ0n) is 11.5. The minimum absolute atomic E-state index is 0.0920. The Bertz CT molecular complexity index is 623. The molecule has 1 aliphatic rings. The van der Waals surface area contributed by atoms with Crippen LogP contribution in [0.4, 0.5) is 13.2 Å². The Kier molecular flexibility index (Phi) is 5.12. The Hall–Kier alpha value is -1.54. The van der Waals surface area contributed by atoms with Crippen LogP contribution in [0.2, 0.25) is 0 Å². The van der Waals surface area contributed by atoms with Crippen LogP contribution in [0.25, 0.3) is 0 Å². The lowest BCUT2D eigenvalue weighted by atomic mass is 10.0. The molecule has 0 radical (unpaired) electrons. The molecule has 122 valence electrons. The van der Waals surface area contributed by atoms with Gasteiger partial charge in [-0.25, -0.2) is 0 Å². The highest BCUT2D eigenvalue weighted by molar-refractivity contribution is 7.87. The quantitative estimate of drug-likeness (QED) is 0.610. The van der Waals surface area contributed by atoms with Gasteiger partial charge in [-0.2, -0.15) is 21.6 Å². The molecular formula is C14H15F3O4S. The zero-order chi connectivity index (χ0) is 16.2. The van der Waals surface area contributed by atoms with Crippen molar-refractivity contribution in [2.75, 3.05) is 0 Å². The number of halogens is 3. The molecule has 1 aliphatic carbocycles. The highest BCUT2D eigenvalue weighted by Gasteiger charge is 2.48. The van der Waals surface area contributed by atoms with Gasteiger partial charge in [-0.3, -0.25) is 0 Å². The van der Waals surface area contributed by atoms with Crippen molar-refractivity contribution in [3.8, 4) is 0 Å². The van der Waals surface area contributed by atoms with Crippen LogP contribution in [0, 0.1) is 0 Å². The van der Waals surface area contributed by atoms with Gasteiger partial charge >= 0.3 is 15.6 Å². The summed E-state index contributed by atoms with van der Waals surface area (Å²) < 4.78 is 68.2. The predicted octanol–water partition coefficient (Wildman–Crippen LogP) is 3.51. The van der Waals surface area contributed by atoms with Gasteiger partial charge in [-0.15, -0.1) is 0 Å². The molecule has 0 N–H and O–H groups in total. The fourth-order valence-corrected chi connectivity index (χ4v) is 2.52. The fourth-order valence-electron chi connectivity index (χ4n) is 1.99. The Morgan fingerprint density at radius 1 is 1.18 bits per heavy atom. The van der Waals surface area contributed by atoms with E-state index in [1.54, 1.807) is 0 Å². The molecule has 0 aliphatic heterocycles. The molecule has 1 unspecified atom stereocenters. The van der Waals surface area contributed by atoms with Crippen molar-refractivity contribution < 1.29 is 30.5 Å². The number of rotatable bonds is 5. The van der Waals surface area contributed by atoms with Crippen molar-refractivity contribution in [1.82, 2.24) is 0 Å². The van der Waals surface area contributed by atoms with Crippen LogP contribution in [0.1, 0.15) is 24.8 Å². The van der Waals surface area contributed by atoms with Crippen molar-refractivity contribution >= 4 is 10.1 Å². The minimum Gasteiger partial charge on any atom is -0.381 e. The van der Waals surface area contributed by atoms with Crippen molar-refractivity contribution in [2.24, 2.45) is 0 Å². The largest absolute Gasteiger partial charge is 0.534 e. The summed E-state index contributed by atoms with van der Waals surface area (Å²) in [7, 11) is -5.58. The molecule has 0 bridgehead atoms. The molecule has 0 fully saturated rings. The summed E-state index contributed by atoms with van der Waals surface area (Å²) in [5.74, 6) is -0.183. The third-order valence-corrected chi connectivity index (χ3v) is 4.15. The molecule has 4 nitrogen and oxygen atoms in total. The number of benzene rings is 1. The van der Waals surface area contributed by atoms with E-state index in [0.29, 0.717) is 19.4 Å². The van der Waals surface area contributed by atoms with Gasteiger partial charge < -0.3 is 8.92 Å².